The quantitative estimate of drug-likeness (QED) is 0.785. The molecule has 0 aliphatic carbocycles. The van der Waals surface area contributed by atoms with E-state index in [9.17, 15) is 4.79 Å². The lowest BCUT2D eigenvalue weighted by atomic mass is 10.1. The van der Waals surface area contributed by atoms with E-state index in [1.807, 2.05) is 29.3 Å². The van der Waals surface area contributed by atoms with E-state index in [1.165, 1.54) is 0 Å². The molecule has 7 heteroatoms. The van der Waals surface area contributed by atoms with Crippen molar-refractivity contribution in [1.29, 1.82) is 0 Å². The van der Waals surface area contributed by atoms with Crippen LogP contribution in [0.4, 0.5) is 5.95 Å². The van der Waals surface area contributed by atoms with Crippen LogP contribution in [-0.4, -0.2) is 60.2 Å². The third kappa shape index (κ3) is 3.10. The van der Waals surface area contributed by atoms with Crippen LogP contribution in [-0.2, 0) is 9.53 Å². The first-order chi connectivity index (χ1) is 11.7. The number of carbonyl (C=O) groups is 1. The first kappa shape index (κ1) is 15.8. The van der Waals surface area contributed by atoms with Gasteiger partial charge in [-0.3, -0.25) is 4.79 Å². The monoisotopic (exact) mass is 390 g/mol. The molecule has 1 unspecified atom stereocenters. The Hall–Kier alpha value is -1.73. The predicted octanol–water partition coefficient (Wildman–Crippen LogP) is 2.08. The summed E-state index contributed by atoms with van der Waals surface area (Å²) in [5.74, 6) is 0.986. The number of benzene rings is 1. The Balaban J connectivity index is 1.48. The Bertz CT molecular complexity index is 763. The summed E-state index contributed by atoms with van der Waals surface area (Å²) >= 11 is 3.46. The zero-order valence-corrected chi connectivity index (χ0v) is 14.9. The minimum Gasteiger partial charge on any atom is -0.378 e. The van der Waals surface area contributed by atoms with Crippen LogP contribution in [0, 0.1) is 5.92 Å². The van der Waals surface area contributed by atoms with Crippen LogP contribution in [0.1, 0.15) is 6.42 Å². The van der Waals surface area contributed by atoms with Gasteiger partial charge in [0.25, 0.3) is 0 Å². The third-order valence-corrected chi connectivity index (χ3v) is 5.17. The molecule has 24 heavy (non-hydrogen) atoms. The van der Waals surface area contributed by atoms with E-state index in [-0.39, 0.29) is 11.8 Å². The molecule has 1 amide bonds. The Morgan fingerprint density at radius 3 is 2.92 bits per heavy atom. The second-order valence-corrected chi connectivity index (χ2v) is 7.16. The zero-order valence-electron chi connectivity index (χ0n) is 13.3. The van der Waals surface area contributed by atoms with Gasteiger partial charge in [0.05, 0.1) is 24.6 Å². The van der Waals surface area contributed by atoms with Crippen LogP contribution < -0.4 is 4.90 Å². The van der Waals surface area contributed by atoms with Crippen molar-refractivity contribution in [2.75, 3.05) is 44.3 Å². The lowest BCUT2D eigenvalue weighted by molar-refractivity contribution is -0.138. The average molecular weight is 391 g/mol. The van der Waals surface area contributed by atoms with E-state index < -0.39 is 0 Å². The normalized spacial score (nSPS) is 21.5. The number of fused-ring (bicyclic) bond motifs is 1. The smallest absolute Gasteiger partial charge is 0.227 e. The number of anilines is 1. The number of carbonyl (C=O) groups excluding carboxylic acids is 1. The first-order valence-corrected chi connectivity index (χ1v) is 9.04. The molecule has 2 aromatic rings. The number of amides is 1. The lowest BCUT2D eigenvalue weighted by Crippen LogP contribution is -2.44. The Kier molecular flexibility index (Phi) is 4.37. The molecular formula is C17H19BrN4O2. The molecule has 2 aliphatic heterocycles. The maximum atomic E-state index is 12.6. The van der Waals surface area contributed by atoms with Gasteiger partial charge in [0, 0.05) is 42.2 Å². The van der Waals surface area contributed by atoms with E-state index in [4.69, 9.17) is 4.74 Å². The molecular weight excluding hydrogens is 372 g/mol. The number of hydrogen-bond donors (Lipinski definition) is 0. The zero-order chi connectivity index (χ0) is 16.5. The van der Waals surface area contributed by atoms with Gasteiger partial charge < -0.3 is 14.5 Å². The van der Waals surface area contributed by atoms with Crippen molar-refractivity contribution in [3.8, 4) is 0 Å². The van der Waals surface area contributed by atoms with Gasteiger partial charge in [-0.1, -0.05) is 15.9 Å². The van der Waals surface area contributed by atoms with Gasteiger partial charge in [-0.25, -0.2) is 9.97 Å². The maximum absolute atomic E-state index is 12.6. The number of nitrogens with zero attached hydrogens (tertiary/aromatic N) is 4. The van der Waals surface area contributed by atoms with Crippen LogP contribution in [0.25, 0.3) is 10.9 Å². The number of aromatic nitrogens is 2. The second-order valence-electron chi connectivity index (χ2n) is 6.24. The molecule has 0 radical (unpaired) electrons. The molecule has 2 aliphatic rings. The summed E-state index contributed by atoms with van der Waals surface area (Å²) in [5.41, 5.74) is 0.922. The molecule has 6 nitrogen and oxygen atoms in total. The molecule has 2 fully saturated rings. The van der Waals surface area contributed by atoms with Crippen LogP contribution >= 0.6 is 15.9 Å². The summed E-state index contributed by atoms with van der Waals surface area (Å²) in [7, 11) is 0. The summed E-state index contributed by atoms with van der Waals surface area (Å²) in [5, 5.41) is 1.01. The summed E-state index contributed by atoms with van der Waals surface area (Å²) in [6, 6.07) is 5.97. The highest BCUT2D eigenvalue weighted by molar-refractivity contribution is 9.10. The lowest BCUT2D eigenvalue weighted by Gasteiger charge is -2.29. The van der Waals surface area contributed by atoms with Gasteiger partial charge in [-0.05, 0) is 24.6 Å². The maximum Gasteiger partial charge on any atom is 0.227 e. The third-order valence-electron chi connectivity index (χ3n) is 4.67. The standard InChI is InChI=1S/C17H19BrN4O2/c18-14-1-2-15-13(9-14)10-19-17(20-15)22-4-3-12(11-22)16(23)21-5-7-24-8-6-21/h1-2,9-10,12H,3-8,11H2. The molecule has 4 rings (SSSR count). The molecule has 3 heterocycles. The van der Waals surface area contributed by atoms with Crippen LogP contribution in [0.15, 0.2) is 28.9 Å². The van der Waals surface area contributed by atoms with Gasteiger partial charge in [0.15, 0.2) is 0 Å². The van der Waals surface area contributed by atoms with Gasteiger partial charge in [0.2, 0.25) is 11.9 Å². The Labute approximate surface area is 148 Å². The highest BCUT2D eigenvalue weighted by Crippen LogP contribution is 2.25. The van der Waals surface area contributed by atoms with Crippen molar-refractivity contribution in [2.24, 2.45) is 5.92 Å². The van der Waals surface area contributed by atoms with Gasteiger partial charge in [0.1, 0.15) is 0 Å². The first-order valence-electron chi connectivity index (χ1n) is 8.24. The van der Waals surface area contributed by atoms with E-state index >= 15 is 0 Å². The number of morpholine rings is 1. The fourth-order valence-corrected chi connectivity index (χ4v) is 3.71. The summed E-state index contributed by atoms with van der Waals surface area (Å²) in [6.45, 7) is 4.21. The summed E-state index contributed by atoms with van der Waals surface area (Å²) < 4.78 is 6.34. The fourth-order valence-electron chi connectivity index (χ4n) is 3.33. The largest absolute Gasteiger partial charge is 0.378 e. The number of ether oxygens (including phenoxy) is 1. The number of halogens is 1. The van der Waals surface area contributed by atoms with Crippen molar-refractivity contribution >= 4 is 38.7 Å². The second kappa shape index (κ2) is 6.64. The molecule has 0 N–H and O–H groups in total. The molecule has 0 bridgehead atoms. The molecule has 126 valence electrons. The Morgan fingerprint density at radius 1 is 1.25 bits per heavy atom. The van der Waals surface area contributed by atoms with E-state index in [2.05, 4.69) is 30.8 Å². The summed E-state index contributed by atoms with van der Waals surface area (Å²) in [4.78, 5) is 25.8. The highest BCUT2D eigenvalue weighted by atomic mass is 79.9. The van der Waals surface area contributed by atoms with Crippen molar-refractivity contribution in [1.82, 2.24) is 14.9 Å². The van der Waals surface area contributed by atoms with Gasteiger partial charge >= 0.3 is 0 Å². The molecule has 0 spiro atoms. The predicted molar refractivity (Wildman–Crippen MR) is 95.0 cm³/mol. The van der Waals surface area contributed by atoms with Crippen molar-refractivity contribution < 1.29 is 9.53 Å². The van der Waals surface area contributed by atoms with Crippen molar-refractivity contribution in [2.45, 2.75) is 6.42 Å². The molecule has 2 saturated heterocycles. The Morgan fingerprint density at radius 2 is 2.08 bits per heavy atom. The van der Waals surface area contributed by atoms with Gasteiger partial charge in [-0.2, -0.15) is 0 Å². The molecule has 0 saturated carbocycles. The van der Waals surface area contributed by atoms with Crippen molar-refractivity contribution in [3.05, 3.63) is 28.9 Å². The molecule has 1 aromatic heterocycles. The minimum absolute atomic E-state index is 0.0346. The fraction of sp³-hybridized carbons (Fsp3) is 0.471. The van der Waals surface area contributed by atoms with Crippen LogP contribution in [0.3, 0.4) is 0 Å². The minimum atomic E-state index is 0.0346. The number of hydrogen-bond acceptors (Lipinski definition) is 5. The van der Waals surface area contributed by atoms with Crippen LogP contribution in [0.2, 0.25) is 0 Å². The van der Waals surface area contributed by atoms with E-state index in [1.54, 1.807) is 0 Å². The molecule has 1 aromatic carbocycles. The van der Waals surface area contributed by atoms with E-state index in [0.29, 0.717) is 38.8 Å². The van der Waals surface area contributed by atoms with E-state index in [0.717, 1.165) is 28.3 Å². The average Bonchev–Trinajstić information content (AvgIpc) is 3.11. The SMILES string of the molecule is O=C(C1CCN(c2ncc3cc(Br)ccc3n2)C1)N1CCOCC1. The topological polar surface area (TPSA) is 58.6 Å². The molecule has 1 atom stereocenters. The highest BCUT2D eigenvalue weighted by Gasteiger charge is 2.33. The van der Waals surface area contributed by atoms with Crippen LogP contribution in [0.5, 0.6) is 0 Å². The van der Waals surface area contributed by atoms with Gasteiger partial charge in [-0.15, -0.1) is 0 Å². The van der Waals surface area contributed by atoms with Crippen molar-refractivity contribution in [3.63, 3.8) is 0 Å². The summed E-state index contributed by atoms with van der Waals surface area (Å²) in [6.07, 6.45) is 2.71. The number of rotatable bonds is 2.